The molecule has 0 bridgehead atoms. The van der Waals surface area contributed by atoms with Crippen LogP contribution in [0.1, 0.15) is 5.56 Å². The van der Waals surface area contributed by atoms with Gasteiger partial charge in [-0.25, -0.2) is 4.68 Å². The minimum absolute atomic E-state index is 0.510. The number of rotatable bonds is 1. The summed E-state index contributed by atoms with van der Waals surface area (Å²) in [7, 11) is 0. The summed E-state index contributed by atoms with van der Waals surface area (Å²) in [5.74, 6) is 0. The first kappa shape index (κ1) is 8.26. The van der Waals surface area contributed by atoms with Gasteiger partial charge in [-0.3, -0.25) is 0 Å². The maximum absolute atomic E-state index is 8.73. The number of benzene rings is 1. The number of aromatic nitrogens is 3. The molecule has 0 atom stereocenters. The van der Waals surface area contributed by atoms with Crippen LogP contribution in [-0.2, 0) is 0 Å². The van der Waals surface area contributed by atoms with Crippen LogP contribution in [0.2, 0.25) is 0 Å². The quantitative estimate of drug-likeness (QED) is 0.664. The first-order chi connectivity index (χ1) is 6.79. The van der Waals surface area contributed by atoms with Gasteiger partial charge < -0.3 is 5.73 Å². The Morgan fingerprint density at radius 3 is 2.86 bits per heavy atom. The standard InChI is InChI=1S/C9H7N5/c10-6-7-3-8(11)5-9(4-7)14-2-1-12-13-14/h1-5H,11H2. The first-order valence-corrected chi connectivity index (χ1v) is 3.97. The Morgan fingerprint density at radius 1 is 1.36 bits per heavy atom. The van der Waals surface area contributed by atoms with E-state index in [0.717, 1.165) is 5.69 Å². The van der Waals surface area contributed by atoms with Crippen LogP contribution < -0.4 is 5.73 Å². The smallest absolute Gasteiger partial charge is 0.0993 e. The zero-order chi connectivity index (χ0) is 9.97. The molecule has 5 nitrogen and oxygen atoms in total. The summed E-state index contributed by atoms with van der Waals surface area (Å²) in [4.78, 5) is 0. The maximum atomic E-state index is 8.73. The molecule has 2 N–H and O–H groups in total. The van der Waals surface area contributed by atoms with E-state index in [4.69, 9.17) is 11.0 Å². The molecule has 1 aromatic heterocycles. The third-order valence-electron chi connectivity index (χ3n) is 1.76. The van der Waals surface area contributed by atoms with Crippen LogP contribution in [-0.4, -0.2) is 15.0 Å². The predicted molar refractivity (Wildman–Crippen MR) is 50.5 cm³/mol. The highest BCUT2D eigenvalue weighted by Gasteiger charge is 2.00. The van der Waals surface area contributed by atoms with Gasteiger partial charge in [0.1, 0.15) is 0 Å². The lowest BCUT2D eigenvalue weighted by Crippen LogP contribution is -1.97. The monoisotopic (exact) mass is 185 g/mol. The second kappa shape index (κ2) is 3.18. The minimum Gasteiger partial charge on any atom is -0.399 e. The molecule has 2 rings (SSSR count). The number of nitriles is 1. The lowest BCUT2D eigenvalue weighted by atomic mass is 10.2. The van der Waals surface area contributed by atoms with Crippen molar-refractivity contribution >= 4 is 5.69 Å². The van der Waals surface area contributed by atoms with Crippen molar-refractivity contribution in [3.8, 4) is 11.8 Å². The van der Waals surface area contributed by atoms with Gasteiger partial charge in [0, 0.05) is 5.69 Å². The van der Waals surface area contributed by atoms with E-state index in [1.807, 2.05) is 6.07 Å². The van der Waals surface area contributed by atoms with Crippen LogP contribution in [0.4, 0.5) is 5.69 Å². The van der Waals surface area contributed by atoms with E-state index in [9.17, 15) is 0 Å². The molecule has 0 aliphatic carbocycles. The molecule has 0 saturated carbocycles. The summed E-state index contributed by atoms with van der Waals surface area (Å²) < 4.78 is 1.55. The first-order valence-electron chi connectivity index (χ1n) is 3.97. The fourth-order valence-electron chi connectivity index (χ4n) is 1.18. The van der Waals surface area contributed by atoms with Gasteiger partial charge >= 0.3 is 0 Å². The van der Waals surface area contributed by atoms with Crippen LogP contribution in [0.15, 0.2) is 30.6 Å². The number of nitrogens with two attached hydrogens (primary N) is 1. The van der Waals surface area contributed by atoms with Crippen molar-refractivity contribution in [2.24, 2.45) is 0 Å². The van der Waals surface area contributed by atoms with E-state index in [2.05, 4.69) is 10.3 Å². The fraction of sp³-hybridized carbons (Fsp3) is 0. The van der Waals surface area contributed by atoms with Gasteiger partial charge in [-0.2, -0.15) is 5.26 Å². The van der Waals surface area contributed by atoms with Crippen molar-refractivity contribution < 1.29 is 0 Å². The van der Waals surface area contributed by atoms with Crippen molar-refractivity contribution in [1.82, 2.24) is 15.0 Å². The Morgan fingerprint density at radius 2 is 2.21 bits per heavy atom. The van der Waals surface area contributed by atoms with Crippen molar-refractivity contribution in [1.29, 1.82) is 5.26 Å². The van der Waals surface area contributed by atoms with Crippen molar-refractivity contribution in [3.63, 3.8) is 0 Å². The molecule has 0 unspecified atom stereocenters. The summed E-state index contributed by atoms with van der Waals surface area (Å²) >= 11 is 0. The third-order valence-corrected chi connectivity index (χ3v) is 1.76. The predicted octanol–water partition coefficient (Wildman–Crippen LogP) is 0.721. The lowest BCUT2D eigenvalue weighted by Gasteiger charge is -2.01. The van der Waals surface area contributed by atoms with Crippen LogP contribution in [0, 0.1) is 11.3 Å². The molecule has 0 amide bonds. The summed E-state index contributed by atoms with van der Waals surface area (Å²) in [5, 5.41) is 16.2. The Bertz CT molecular complexity index is 480. The van der Waals surface area contributed by atoms with Gasteiger partial charge in [0.25, 0.3) is 0 Å². The Labute approximate surface area is 80.4 Å². The number of anilines is 1. The Hall–Kier alpha value is -2.35. The fourth-order valence-corrected chi connectivity index (χ4v) is 1.18. The van der Waals surface area contributed by atoms with Crippen LogP contribution in [0.5, 0.6) is 0 Å². The lowest BCUT2D eigenvalue weighted by molar-refractivity contribution is 0.803. The summed E-state index contributed by atoms with van der Waals surface area (Å²) in [5.41, 5.74) is 7.41. The molecule has 0 aliphatic heterocycles. The molecule has 14 heavy (non-hydrogen) atoms. The second-order valence-electron chi connectivity index (χ2n) is 2.77. The summed E-state index contributed by atoms with van der Waals surface area (Å²) in [6.45, 7) is 0. The van der Waals surface area contributed by atoms with Crippen LogP contribution in [0.3, 0.4) is 0 Å². The van der Waals surface area contributed by atoms with Gasteiger partial charge in [0.15, 0.2) is 0 Å². The van der Waals surface area contributed by atoms with Gasteiger partial charge in [-0.05, 0) is 18.2 Å². The van der Waals surface area contributed by atoms with Crippen molar-refractivity contribution in [2.75, 3.05) is 5.73 Å². The Balaban J connectivity index is 2.55. The summed E-state index contributed by atoms with van der Waals surface area (Å²) in [6.07, 6.45) is 3.26. The van der Waals surface area contributed by atoms with Crippen LogP contribution in [0.25, 0.3) is 5.69 Å². The molecular formula is C9H7N5. The molecule has 0 fully saturated rings. The number of nitrogens with zero attached hydrogens (tertiary/aromatic N) is 4. The average Bonchev–Trinajstić information content (AvgIpc) is 2.69. The molecule has 0 aliphatic rings. The van der Waals surface area contributed by atoms with E-state index in [1.165, 1.54) is 0 Å². The molecular weight excluding hydrogens is 178 g/mol. The van der Waals surface area contributed by atoms with E-state index >= 15 is 0 Å². The molecule has 0 radical (unpaired) electrons. The van der Waals surface area contributed by atoms with Gasteiger partial charge in [-0.15, -0.1) is 5.10 Å². The average molecular weight is 185 g/mol. The van der Waals surface area contributed by atoms with Gasteiger partial charge in [0.2, 0.25) is 0 Å². The Kier molecular flexibility index (Phi) is 1.88. The third kappa shape index (κ3) is 1.41. The van der Waals surface area contributed by atoms with E-state index in [1.54, 1.807) is 35.3 Å². The van der Waals surface area contributed by atoms with Gasteiger partial charge in [0.05, 0.1) is 29.7 Å². The number of nitrogen functional groups attached to an aromatic ring is 1. The topological polar surface area (TPSA) is 80.5 Å². The largest absolute Gasteiger partial charge is 0.399 e. The second-order valence-corrected chi connectivity index (χ2v) is 2.77. The zero-order valence-electron chi connectivity index (χ0n) is 7.25. The van der Waals surface area contributed by atoms with Crippen molar-refractivity contribution in [2.45, 2.75) is 0 Å². The maximum Gasteiger partial charge on any atom is 0.0993 e. The highest BCUT2D eigenvalue weighted by molar-refractivity contribution is 5.53. The molecule has 2 aromatic rings. The van der Waals surface area contributed by atoms with E-state index in [-0.39, 0.29) is 0 Å². The zero-order valence-corrected chi connectivity index (χ0v) is 7.25. The molecule has 0 saturated heterocycles. The van der Waals surface area contributed by atoms with Crippen molar-refractivity contribution in [3.05, 3.63) is 36.2 Å². The van der Waals surface area contributed by atoms with E-state index < -0.39 is 0 Å². The normalized spacial score (nSPS) is 9.64. The molecule has 0 spiro atoms. The molecule has 68 valence electrons. The highest BCUT2D eigenvalue weighted by atomic mass is 15.4. The number of hydrogen-bond donors (Lipinski definition) is 1. The molecule has 1 heterocycles. The minimum atomic E-state index is 0.510. The SMILES string of the molecule is N#Cc1cc(N)cc(-n2ccnn2)c1. The molecule has 5 heteroatoms. The highest BCUT2D eigenvalue weighted by Crippen LogP contribution is 2.14. The molecule has 1 aromatic carbocycles. The number of hydrogen-bond acceptors (Lipinski definition) is 4. The van der Waals surface area contributed by atoms with Gasteiger partial charge in [-0.1, -0.05) is 5.21 Å². The summed E-state index contributed by atoms with van der Waals surface area (Å²) in [6, 6.07) is 7.07. The van der Waals surface area contributed by atoms with Crippen LogP contribution >= 0.6 is 0 Å². The van der Waals surface area contributed by atoms with E-state index in [0.29, 0.717) is 11.3 Å².